The maximum Gasteiger partial charge on any atom is -0.00568 e. The Labute approximate surface area is 33.2 Å². The molecule has 0 bridgehead atoms. The zero-order valence-electron chi connectivity index (χ0n) is 3.20. The van der Waals surface area contributed by atoms with Gasteiger partial charge in [-0.15, -0.1) is 0 Å². The molecule has 0 spiro atoms. The Morgan fingerprint density at radius 3 is 1.80 bits per heavy atom. The molecule has 27 valence electrons. The van der Waals surface area contributed by atoms with Gasteiger partial charge in [-0.2, -0.15) is 0 Å². The van der Waals surface area contributed by atoms with Crippen molar-refractivity contribution < 1.29 is 0 Å². The Morgan fingerprint density at radius 2 is 1.80 bits per heavy atom. The third kappa shape index (κ3) is 0.444. The molecule has 0 atom stereocenters. The molecule has 3 radical (unpaired) electrons. The van der Waals surface area contributed by atoms with E-state index in [9.17, 15) is 0 Å². The highest BCUT2D eigenvalue weighted by molar-refractivity contribution is 4.69. The first-order valence-corrected chi connectivity index (χ1v) is 2.11. The fraction of sp³-hybridized carbons (Fsp3) is 0.800. The van der Waals surface area contributed by atoms with E-state index in [-0.39, 0.29) is 0 Å². The maximum atomic E-state index is 6.91. The van der Waals surface area contributed by atoms with Crippen molar-refractivity contribution in [2.24, 2.45) is 5.92 Å². The predicted octanol–water partition coefficient (Wildman–Crippen LogP) is 1.37. The van der Waals surface area contributed by atoms with Crippen molar-refractivity contribution in [1.82, 2.24) is 0 Å². The molecule has 1 aliphatic carbocycles. The molecule has 1 saturated carbocycles. The Balaban J connectivity index is 2.08. The Kier molecular flexibility index (Phi) is 0.640. The summed E-state index contributed by atoms with van der Waals surface area (Å²) in [5.41, 5.74) is 0. The summed E-state index contributed by atoms with van der Waals surface area (Å²) < 4.78 is 0. The molecular weight excluding hydrogens is 60.1 g/mol. The summed E-state index contributed by atoms with van der Waals surface area (Å²) in [6.07, 6.45) is 3.61. The largest absolute Gasteiger partial charge is 0.0527 e. The second-order valence-corrected chi connectivity index (χ2v) is 1.63. The van der Waals surface area contributed by atoms with E-state index in [4.69, 9.17) is 6.92 Å². The van der Waals surface area contributed by atoms with Crippen LogP contribution in [0.5, 0.6) is 0 Å². The Morgan fingerprint density at radius 1 is 1.40 bits per heavy atom. The van der Waals surface area contributed by atoms with Crippen molar-refractivity contribution in [1.29, 1.82) is 0 Å². The third-order valence-electron chi connectivity index (χ3n) is 1.11. The molecular formula is C5H7. The molecule has 0 unspecified atom stereocenters. The fourth-order valence-electron chi connectivity index (χ4n) is 0.408. The highest BCUT2D eigenvalue weighted by atomic mass is 14.1. The standard InChI is InChI=1S/C5H7/c1-5-3-2-4-5/h5H,2-4H2. The van der Waals surface area contributed by atoms with Crippen LogP contribution in [-0.4, -0.2) is 0 Å². The highest BCUT2D eigenvalue weighted by Gasteiger charge is 2.10. The van der Waals surface area contributed by atoms with Crippen LogP contribution in [-0.2, 0) is 0 Å². The molecule has 0 aromatic carbocycles. The van der Waals surface area contributed by atoms with Crippen molar-refractivity contribution in [3.05, 3.63) is 6.92 Å². The smallest absolute Gasteiger partial charge is 0.00568 e. The van der Waals surface area contributed by atoms with E-state index in [1.165, 1.54) is 6.42 Å². The van der Waals surface area contributed by atoms with Crippen LogP contribution < -0.4 is 0 Å². The Bertz CT molecular complexity index is 27.0. The minimum Gasteiger partial charge on any atom is -0.0527 e. The lowest BCUT2D eigenvalue weighted by atomic mass is 9.88. The molecule has 0 aromatic rings. The minimum absolute atomic E-state index is 0.315. The average molecular weight is 67.1 g/mol. The van der Waals surface area contributed by atoms with Gasteiger partial charge in [0.05, 0.1) is 0 Å². The zero-order chi connectivity index (χ0) is 3.70. The zero-order valence-corrected chi connectivity index (χ0v) is 3.20. The summed E-state index contributed by atoms with van der Waals surface area (Å²) in [5, 5.41) is 0. The molecule has 1 rings (SSSR count). The molecule has 0 heteroatoms. The van der Waals surface area contributed by atoms with Gasteiger partial charge in [-0.25, -0.2) is 0 Å². The molecule has 0 N–H and O–H groups in total. The van der Waals surface area contributed by atoms with Gasteiger partial charge in [0.2, 0.25) is 0 Å². The number of rotatable bonds is 0. The summed E-state index contributed by atoms with van der Waals surface area (Å²) in [4.78, 5) is 0. The van der Waals surface area contributed by atoms with Gasteiger partial charge >= 0.3 is 0 Å². The molecule has 0 nitrogen and oxygen atoms in total. The van der Waals surface area contributed by atoms with Gasteiger partial charge in [-0.1, -0.05) is 6.42 Å². The van der Waals surface area contributed by atoms with Crippen molar-refractivity contribution in [2.45, 2.75) is 19.3 Å². The molecule has 5 heavy (non-hydrogen) atoms. The van der Waals surface area contributed by atoms with Gasteiger partial charge in [-0.05, 0) is 25.7 Å². The summed E-state index contributed by atoms with van der Waals surface area (Å²) in [6, 6.07) is 0. The van der Waals surface area contributed by atoms with E-state index in [1.54, 1.807) is 0 Å². The monoisotopic (exact) mass is 67.1 g/mol. The van der Waals surface area contributed by atoms with Crippen LogP contribution in [0.2, 0.25) is 0 Å². The molecule has 0 amide bonds. The lowest BCUT2D eigenvalue weighted by molar-refractivity contribution is 0.384. The maximum absolute atomic E-state index is 6.91. The third-order valence-corrected chi connectivity index (χ3v) is 1.11. The normalized spacial score (nSPS) is 25.8. The van der Waals surface area contributed by atoms with Gasteiger partial charge < -0.3 is 0 Å². The van der Waals surface area contributed by atoms with Crippen molar-refractivity contribution >= 4 is 0 Å². The first kappa shape index (κ1) is 3.20. The predicted molar refractivity (Wildman–Crippen MR) is 20.6 cm³/mol. The number of hydrogen-bond donors (Lipinski definition) is 0. The van der Waals surface area contributed by atoms with Gasteiger partial charge in [0.1, 0.15) is 0 Å². The lowest BCUT2D eigenvalue weighted by Crippen LogP contribution is -2.04. The fourth-order valence-corrected chi connectivity index (χ4v) is 0.408. The second-order valence-electron chi connectivity index (χ2n) is 1.63. The van der Waals surface area contributed by atoms with Crippen LogP contribution in [0.4, 0.5) is 0 Å². The van der Waals surface area contributed by atoms with Crippen LogP contribution >= 0.6 is 0 Å². The van der Waals surface area contributed by atoms with Gasteiger partial charge in [0.25, 0.3) is 0 Å². The molecule has 0 heterocycles. The van der Waals surface area contributed by atoms with E-state index in [1.807, 2.05) is 0 Å². The molecule has 0 aromatic heterocycles. The van der Waals surface area contributed by atoms with E-state index >= 15 is 0 Å². The van der Waals surface area contributed by atoms with Crippen molar-refractivity contribution in [2.75, 3.05) is 0 Å². The quantitative estimate of drug-likeness (QED) is 0.401. The molecule has 1 aliphatic rings. The Hall–Kier alpha value is 0. The summed E-state index contributed by atoms with van der Waals surface area (Å²) in [6.45, 7) is 6.91. The molecule has 0 saturated heterocycles. The van der Waals surface area contributed by atoms with Gasteiger partial charge in [-0.3, -0.25) is 0 Å². The van der Waals surface area contributed by atoms with Crippen LogP contribution in [0.25, 0.3) is 0 Å². The second kappa shape index (κ2) is 1.00. The van der Waals surface area contributed by atoms with Crippen LogP contribution in [0, 0.1) is 12.8 Å². The summed E-state index contributed by atoms with van der Waals surface area (Å²) >= 11 is 0. The lowest BCUT2D eigenvalue weighted by Gasteiger charge is -2.18. The van der Waals surface area contributed by atoms with Crippen LogP contribution in [0.1, 0.15) is 19.3 Å². The van der Waals surface area contributed by atoms with Crippen molar-refractivity contribution in [3.63, 3.8) is 0 Å². The first-order chi connectivity index (χ1) is 2.39. The first-order valence-electron chi connectivity index (χ1n) is 2.11. The van der Waals surface area contributed by atoms with E-state index in [0.717, 1.165) is 12.8 Å². The van der Waals surface area contributed by atoms with E-state index in [2.05, 4.69) is 0 Å². The van der Waals surface area contributed by atoms with Crippen LogP contribution in [0.3, 0.4) is 0 Å². The van der Waals surface area contributed by atoms with Gasteiger partial charge in [0, 0.05) is 0 Å². The summed E-state index contributed by atoms with van der Waals surface area (Å²) in [7, 11) is 0. The van der Waals surface area contributed by atoms with Crippen LogP contribution in [0.15, 0.2) is 0 Å². The van der Waals surface area contributed by atoms with Crippen molar-refractivity contribution in [3.8, 4) is 0 Å². The van der Waals surface area contributed by atoms with E-state index < -0.39 is 0 Å². The molecule has 0 aliphatic heterocycles. The highest BCUT2D eigenvalue weighted by Crippen LogP contribution is 2.23. The van der Waals surface area contributed by atoms with Gasteiger partial charge in [0.15, 0.2) is 0 Å². The minimum atomic E-state index is 0.315. The SMILES string of the molecule is [C]C1CCC1. The average Bonchev–Trinajstić information content (AvgIpc) is 1.30. The molecule has 1 fully saturated rings. The number of hydrogen-bond acceptors (Lipinski definition) is 0. The summed E-state index contributed by atoms with van der Waals surface area (Å²) in [5.74, 6) is 0.315. The topological polar surface area (TPSA) is 0 Å². The van der Waals surface area contributed by atoms with E-state index in [0.29, 0.717) is 5.92 Å².